The Kier molecular flexibility index (Phi) is 5.01. The third kappa shape index (κ3) is 4.23. The largest absolute Gasteiger partial charge is 0.768 e. The van der Waals surface area contributed by atoms with Crippen LogP contribution in [-0.2, 0) is 11.1 Å². The summed E-state index contributed by atoms with van der Waals surface area (Å²) in [7, 11) is 0. The van der Waals surface area contributed by atoms with Crippen LogP contribution in [0, 0.1) is 0 Å². The highest BCUT2D eigenvalue weighted by molar-refractivity contribution is 7.83. The van der Waals surface area contributed by atoms with Gasteiger partial charge in [0, 0.05) is 4.91 Å². The molecule has 0 fully saturated rings. The molecule has 2 nitrogen and oxygen atoms in total. The Morgan fingerprint density at radius 3 is 2.60 bits per heavy atom. The van der Waals surface area contributed by atoms with E-state index >= 15 is 0 Å². The molecule has 1 unspecified atom stereocenters. The fourth-order valence-corrected chi connectivity index (χ4v) is 1.62. The second kappa shape index (κ2) is 6.32. The van der Waals surface area contributed by atoms with Crippen LogP contribution in [0.15, 0.2) is 47.4 Å². The summed E-state index contributed by atoms with van der Waals surface area (Å²) in [5.74, 6) is 0. The van der Waals surface area contributed by atoms with Crippen LogP contribution < -0.4 is 0 Å². The van der Waals surface area contributed by atoms with Gasteiger partial charge < -0.3 is 4.55 Å². The minimum atomic E-state index is -2.15. The van der Waals surface area contributed by atoms with Gasteiger partial charge in [0.2, 0.25) is 0 Å². The van der Waals surface area contributed by atoms with E-state index in [4.69, 9.17) is 0 Å². The van der Waals surface area contributed by atoms with E-state index in [2.05, 4.69) is 0 Å². The molecule has 1 rings (SSSR count). The maximum Gasteiger partial charge on any atom is 0.0208 e. The predicted molar refractivity (Wildman–Crippen MR) is 62.8 cm³/mol. The van der Waals surface area contributed by atoms with E-state index in [-0.39, 0.29) is 0 Å². The summed E-state index contributed by atoms with van der Waals surface area (Å²) < 4.78 is 21.6. The zero-order valence-electron chi connectivity index (χ0n) is 8.55. The van der Waals surface area contributed by atoms with Crippen molar-refractivity contribution < 1.29 is 8.76 Å². The molecule has 0 N–H and O–H groups in total. The molecule has 0 amide bonds. The molecular weight excluding hydrogens is 208 g/mol. The van der Waals surface area contributed by atoms with Gasteiger partial charge in [-0.3, -0.25) is 4.21 Å². The van der Waals surface area contributed by atoms with Gasteiger partial charge in [-0.2, -0.15) is 0 Å². The Morgan fingerprint density at radius 1 is 1.40 bits per heavy atom. The summed E-state index contributed by atoms with van der Waals surface area (Å²) in [6, 6.07) is 9.60. The molecule has 0 saturated carbocycles. The lowest BCUT2D eigenvalue weighted by Gasteiger charge is -2.05. The van der Waals surface area contributed by atoms with Gasteiger partial charge in [0.1, 0.15) is 0 Å². The molecule has 0 heterocycles. The van der Waals surface area contributed by atoms with E-state index in [0.717, 1.165) is 5.56 Å². The summed E-state index contributed by atoms with van der Waals surface area (Å²) in [5.41, 5.74) is 0.991. The molecule has 0 aliphatic heterocycles. The first-order valence-electron chi connectivity index (χ1n) is 4.76. The van der Waals surface area contributed by atoms with Crippen LogP contribution in [0.25, 0.3) is 6.08 Å². The molecule has 0 bridgehead atoms. The fourth-order valence-electron chi connectivity index (χ4n) is 1.14. The summed E-state index contributed by atoms with van der Waals surface area (Å²) in [4.78, 5) is 0.335. The predicted octanol–water partition coefficient (Wildman–Crippen LogP) is 2.87. The molecule has 1 atom stereocenters. The Hall–Kier alpha value is -1.19. The van der Waals surface area contributed by atoms with E-state index in [0.29, 0.717) is 11.3 Å². The maximum atomic E-state index is 10.8. The van der Waals surface area contributed by atoms with Crippen molar-refractivity contribution in [2.24, 2.45) is 0 Å². The molecule has 1 aromatic carbocycles. The van der Waals surface area contributed by atoms with Gasteiger partial charge in [0.25, 0.3) is 0 Å². The first kappa shape index (κ1) is 11.9. The van der Waals surface area contributed by atoms with Gasteiger partial charge in [0.15, 0.2) is 0 Å². The van der Waals surface area contributed by atoms with Gasteiger partial charge in [-0.25, -0.2) is 0 Å². The Morgan fingerprint density at radius 2 is 2.07 bits per heavy atom. The molecule has 0 aliphatic carbocycles. The summed E-state index contributed by atoms with van der Waals surface area (Å²) >= 11 is -2.15. The first-order chi connectivity index (χ1) is 7.24. The molecule has 1 aromatic rings. The number of allylic oxidation sites excluding steroid dienone is 2. The van der Waals surface area contributed by atoms with Gasteiger partial charge in [-0.05, 0) is 29.1 Å². The van der Waals surface area contributed by atoms with Gasteiger partial charge in [-0.15, -0.1) is 0 Å². The number of rotatable bonds is 4. The highest BCUT2D eigenvalue weighted by atomic mass is 32.2. The van der Waals surface area contributed by atoms with Gasteiger partial charge in [0.05, 0.1) is 0 Å². The van der Waals surface area contributed by atoms with Crippen molar-refractivity contribution in [2.75, 3.05) is 0 Å². The molecule has 80 valence electrons. The van der Waals surface area contributed by atoms with Crippen LogP contribution in [0.3, 0.4) is 0 Å². The van der Waals surface area contributed by atoms with Gasteiger partial charge in [-0.1, -0.05) is 49.4 Å². The monoisotopic (exact) mass is 221 g/mol. The molecule has 15 heavy (non-hydrogen) atoms. The average Bonchev–Trinajstić information content (AvgIpc) is 2.25. The van der Waals surface area contributed by atoms with Crippen LogP contribution in [0.5, 0.6) is 0 Å². The highest BCUT2D eigenvalue weighted by Gasteiger charge is 1.90. The van der Waals surface area contributed by atoms with Gasteiger partial charge >= 0.3 is 0 Å². The van der Waals surface area contributed by atoms with E-state index in [1.165, 1.54) is 0 Å². The molecule has 0 spiro atoms. The second-order valence-electron chi connectivity index (χ2n) is 2.99. The van der Waals surface area contributed by atoms with Crippen molar-refractivity contribution in [2.45, 2.75) is 13.3 Å². The number of hydrogen-bond acceptors (Lipinski definition) is 2. The molecular formula is C12H13O2S-. The summed E-state index contributed by atoms with van der Waals surface area (Å²) in [6.07, 6.45) is 5.80. The zero-order chi connectivity index (χ0) is 11.1. The Labute approximate surface area is 92.6 Å². The summed E-state index contributed by atoms with van der Waals surface area (Å²) in [5, 5.41) is 0. The van der Waals surface area contributed by atoms with Crippen molar-refractivity contribution in [3.63, 3.8) is 0 Å². The standard InChI is InChI=1S/C12H14O2S/c1-2-6-12(15(13)14)10-9-11-7-4-3-5-8-11/h3-10H,2H2,1H3,(H,13,14)/p-1/b10-9-,12-6+. The highest BCUT2D eigenvalue weighted by Crippen LogP contribution is 2.08. The van der Waals surface area contributed by atoms with Crippen LogP contribution >= 0.6 is 0 Å². The lowest BCUT2D eigenvalue weighted by Crippen LogP contribution is -1.89. The third-order valence-electron chi connectivity index (χ3n) is 1.84. The SMILES string of the molecule is CC/C=C(\C=C/c1ccccc1)S(=O)[O-]. The zero-order valence-corrected chi connectivity index (χ0v) is 9.37. The normalized spacial score (nSPS) is 14.4. The van der Waals surface area contributed by atoms with Crippen LogP contribution in [0.4, 0.5) is 0 Å². The molecule has 0 saturated heterocycles. The van der Waals surface area contributed by atoms with Crippen LogP contribution in [0.2, 0.25) is 0 Å². The Balaban J connectivity index is 2.80. The minimum Gasteiger partial charge on any atom is -0.768 e. The number of hydrogen-bond donors (Lipinski definition) is 0. The third-order valence-corrected chi connectivity index (χ3v) is 2.53. The lowest BCUT2D eigenvalue weighted by atomic mass is 10.2. The van der Waals surface area contributed by atoms with E-state index in [9.17, 15) is 8.76 Å². The molecule has 3 heteroatoms. The van der Waals surface area contributed by atoms with Crippen molar-refractivity contribution in [3.8, 4) is 0 Å². The van der Waals surface area contributed by atoms with Crippen molar-refractivity contribution in [1.29, 1.82) is 0 Å². The quantitative estimate of drug-likeness (QED) is 0.579. The van der Waals surface area contributed by atoms with E-state index in [1.54, 1.807) is 18.2 Å². The van der Waals surface area contributed by atoms with Crippen LogP contribution in [-0.4, -0.2) is 8.76 Å². The fraction of sp³-hybridized carbons (Fsp3) is 0.167. The van der Waals surface area contributed by atoms with Crippen molar-refractivity contribution in [1.82, 2.24) is 0 Å². The average molecular weight is 221 g/mol. The molecule has 0 aromatic heterocycles. The van der Waals surface area contributed by atoms with E-state index in [1.807, 2.05) is 37.3 Å². The lowest BCUT2D eigenvalue weighted by molar-refractivity contribution is 0.544. The molecule has 0 radical (unpaired) electrons. The topological polar surface area (TPSA) is 40.1 Å². The molecule has 0 aliphatic rings. The van der Waals surface area contributed by atoms with E-state index < -0.39 is 11.1 Å². The Bertz CT molecular complexity index is 380. The van der Waals surface area contributed by atoms with Crippen molar-refractivity contribution in [3.05, 3.63) is 53.0 Å². The first-order valence-corrected chi connectivity index (χ1v) is 5.84. The maximum absolute atomic E-state index is 10.8. The summed E-state index contributed by atoms with van der Waals surface area (Å²) in [6.45, 7) is 1.91. The van der Waals surface area contributed by atoms with Crippen molar-refractivity contribution >= 4 is 17.2 Å². The number of benzene rings is 1. The van der Waals surface area contributed by atoms with Crippen LogP contribution in [0.1, 0.15) is 18.9 Å². The second-order valence-corrected chi connectivity index (χ2v) is 3.93. The smallest absolute Gasteiger partial charge is 0.0208 e. The minimum absolute atomic E-state index is 0.335.